The number of oxazole rings is 1. The van der Waals surface area contributed by atoms with Gasteiger partial charge in [0.05, 0.1) is 10.6 Å². The van der Waals surface area contributed by atoms with Crippen molar-refractivity contribution in [1.29, 1.82) is 0 Å². The Morgan fingerprint density at radius 3 is 2.11 bits per heavy atom. The summed E-state index contributed by atoms with van der Waals surface area (Å²) >= 11 is 0. The van der Waals surface area contributed by atoms with E-state index >= 15 is 0 Å². The van der Waals surface area contributed by atoms with E-state index in [-0.39, 0.29) is 39.4 Å². The number of hydrogen-bond donors (Lipinski definition) is 0. The van der Waals surface area contributed by atoms with Gasteiger partial charge in [-0.3, -0.25) is 0 Å². The average Bonchev–Trinajstić information content (AvgIpc) is 3.61. The number of benzene rings is 3. The minimum atomic E-state index is -4.89. The molecule has 0 atom stereocenters. The lowest BCUT2D eigenvalue weighted by molar-refractivity contribution is -0.274. The van der Waals surface area contributed by atoms with Crippen molar-refractivity contribution < 1.29 is 43.9 Å². The Labute approximate surface area is 247 Å². The van der Waals surface area contributed by atoms with Crippen LogP contribution in [0.1, 0.15) is 31.4 Å². The molecule has 230 valence electrons. The van der Waals surface area contributed by atoms with Gasteiger partial charge in [-0.15, -0.1) is 13.2 Å². The van der Waals surface area contributed by atoms with Gasteiger partial charge in [-0.1, -0.05) is 32.0 Å². The van der Waals surface area contributed by atoms with E-state index < -0.39 is 33.8 Å². The second kappa shape index (κ2) is 11.2. The third kappa shape index (κ3) is 6.64. The molecule has 0 saturated carbocycles. The van der Waals surface area contributed by atoms with Crippen molar-refractivity contribution in [2.45, 2.75) is 37.2 Å². The van der Waals surface area contributed by atoms with Gasteiger partial charge in [-0.25, -0.2) is 18.1 Å². The molecule has 0 aliphatic rings. The summed E-state index contributed by atoms with van der Waals surface area (Å²) in [7, 11) is -3.55. The van der Waals surface area contributed by atoms with Gasteiger partial charge in [0.15, 0.2) is 27.2 Å². The SMILES string of the molecule is CC(C)c1nc(-c2ccc(OC(F)(F)F)cc2)c(-c2cc(-c3cccc(S(C)(=O)=O)c3)ccc2-n2ccc(C(F)(F)F)n2)o1. The van der Waals surface area contributed by atoms with Gasteiger partial charge in [0.2, 0.25) is 0 Å². The summed E-state index contributed by atoms with van der Waals surface area (Å²) in [5.74, 6) is -0.328. The van der Waals surface area contributed by atoms with E-state index in [4.69, 9.17) is 4.42 Å². The predicted octanol–water partition coefficient (Wildman–Crippen LogP) is 8.31. The summed E-state index contributed by atoms with van der Waals surface area (Å²) in [4.78, 5) is 4.63. The zero-order chi connectivity index (χ0) is 32.0. The molecule has 0 aliphatic heterocycles. The monoisotopic (exact) mass is 635 g/mol. The first-order valence-electron chi connectivity index (χ1n) is 12.9. The van der Waals surface area contributed by atoms with Crippen LogP contribution in [0.25, 0.3) is 39.4 Å². The van der Waals surface area contributed by atoms with Gasteiger partial charge < -0.3 is 9.15 Å². The Morgan fingerprint density at radius 2 is 1.52 bits per heavy atom. The molecule has 2 heterocycles. The molecule has 0 aliphatic carbocycles. The molecule has 0 saturated heterocycles. The van der Waals surface area contributed by atoms with E-state index in [9.17, 15) is 34.8 Å². The summed E-state index contributed by atoms with van der Waals surface area (Å²) < 4.78 is 114. The van der Waals surface area contributed by atoms with Gasteiger partial charge in [0, 0.05) is 29.5 Å². The number of hydrogen-bond acceptors (Lipinski definition) is 6. The van der Waals surface area contributed by atoms with Crippen LogP contribution in [-0.2, 0) is 16.0 Å². The maximum atomic E-state index is 13.4. The number of nitrogens with zero attached hydrogens (tertiary/aromatic N) is 3. The largest absolute Gasteiger partial charge is 0.573 e. The van der Waals surface area contributed by atoms with Crippen LogP contribution in [-0.4, -0.2) is 35.8 Å². The summed E-state index contributed by atoms with van der Waals surface area (Å²) in [5.41, 5.74) is 0.836. The molecule has 5 rings (SSSR count). The van der Waals surface area contributed by atoms with E-state index in [1.165, 1.54) is 30.3 Å². The van der Waals surface area contributed by atoms with Crippen LogP contribution in [0.5, 0.6) is 5.75 Å². The van der Waals surface area contributed by atoms with Gasteiger partial charge >= 0.3 is 12.5 Å². The van der Waals surface area contributed by atoms with Gasteiger partial charge in [0.25, 0.3) is 0 Å². The molecule has 5 aromatic rings. The summed E-state index contributed by atoms with van der Waals surface area (Å²) in [5, 5.41) is 3.70. The van der Waals surface area contributed by atoms with Crippen molar-refractivity contribution in [3.05, 3.63) is 90.6 Å². The van der Waals surface area contributed by atoms with Crippen molar-refractivity contribution in [3.63, 3.8) is 0 Å². The van der Waals surface area contributed by atoms with Crippen molar-refractivity contribution >= 4 is 9.84 Å². The Kier molecular flexibility index (Phi) is 7.82. The number of halogens is 6. The zero-order valence-corrected chi connectivity index (χ0v) is 24.1. The fourth-order valence-corrected chi connectivity index (χ4v) is 5.06. The molecule has 2 aromatic heterocycles. The Hall–Kier alpha value is -4.59. The Morgan fingerprint density at radius 1 is 0.864 bits per heavy atom. The third-order valence-corrected chi connectivity index (χ3v) is 7.57. The van der Waals surface area contributed by atoms with Gasteiger partial charge in [-0.2, -0.15) is 18.3 Å². The molecule has 3 aromatic carbocycles. The van der Waals surface area contributed by atoms with Crippen LogP contribution in [0.3, 0.4) is 0 Å². The van der Waals surface area contributed by atoms with Crippen LogP contribution >= 0.6 is 0 Å². The fourth-order valence-electron chi connectivity index (χ4n) is 4.39. The highest BCUT2D eigenvalue weighted by atomic mass is 32.2. The highest BCUT2D eigenvalue weighted by Crippen LogP contribution is 2.41. The molecule has 0 fully saturated rings. The van der Waals surface area contributed by atoms with E-state index in [0.717, 1.165) is 35.3 Å². The average molecular weight is 636 g/mol. The lowest BCUT2D eigenvalue weighted by Crippen LogP contribution is -2.16. The molecular weight excluding hydrogens is 612 g/mol. The van der Waals surface area contributed by atoms with Crippen LogP contribution in [0, 0.1) is 0 Å². The molecule has 0 spiro atoms. The molecule has 0 unspecified atom stereocenters. The first-order valence-corrected chi connectivity index (χ1v) is 14.8. The molecule has 0 radical (unpaired) electrons. The first-order chi connectivity index (χ1) is 20.5. The second-order valence-electron chi connectivity index (χ2n) is 10.1. The van der Waals surface area contributed by atoms with Crippen LogP contribution in [0.4, 0.5) is 26.3 Å². The van der Waals surface area contributed by atoms with Gasteiger partial charge in [0.1, 0.15) is 11.4 Å². The number of sulfone groups is 1. The Balaban J connectivity index is 1.73. The Bertz CT molecular complexity index is 1930. The molecule has 0 N–H and O–H groups in total. The number of alkyl halides is 6. The molecule has 0 amide bonds. The first kappa shape index (κ1) is 30.9. The number of rotatable bonds is 7. The molecule has 7 nitrogen and oxygen atoms in total. The number of ether oxygens (including phenoxy) is 1. The van der Waals surface area contributed by atoms with E-state index in [1.807, 2.05) is 0 Å². The van der Waals surface area contributed by atoms with Gasteiger partial charge in [-0.05, 0) is 65.7 Å². The molecule has 44 heavy (non-hydrogen) atoms. The third-order valence-electron chi connectivity index (χ3n) is 6.46. The molecular formula is C30H23F6N3O4S. The fraction of sp³-hybridized carbons (Fsp3) is 0.200. The van der Waals surface area contributed by atoms with E-state index in [0.29, 0.717) is 16.7 Å². The predicted molar refractivity (Wildman–Crippen MR) is 149 cm³/mol. The molecule has 0 bridgehead atoms. The van der Waals surface area contributed by atoms with Crippen LogP contribution in [0.2, 0.25) is 0 Å². The van der Waals surface area contributed by atoms with E-state index in [1.54, 1.807) is 38.1 Å². The summed E-state index contributed by atoms with van der Waals surface area (Å²) in [6, 6.07) is 16.5. The second-order valence-corrected chi connectivity index (χ2v) is 12.1. The van der Waals surface area contributed by atoms with Crippen LogP contribution in [0.15, 0.2) is 88.3 Å². The minimum Gasteiger partial charge on any atom is -0.440 e. The van der Waals surface area contributed by atoms with Crippen molar-refractivity contribution in [2.24, 2.45) is 0 Å². The lowest BCUT2D eigenvalue weighted by atomic mass is 9.98. The zero-order valence-electron chi connectivity index (χ0n) is 23.2. The molecule has 14 heteroatoms. The quantitative estimate of drug-likeness (QED) is 0.167. The van der Waals surface area contributed by atoms with Crippen molar-refractivity contribution in [2.75, 3.05) is 6.26 Å². The van der Waals surface area contributed by atoms with E-state index in [2.05, 4.69) is 14.8 Å². The smallest absolute Gasteiger partial charge is 0.440 e. The topological polar surface area (TPSA) is 87.2 Å². The standard InChI is InChI=1S/C30H23F6N3O4S/c1-17(2)28-37-26(18-7-10-21(11-8-18)43-30(34,35)36)27(42-28)23-16-20(19-5-4-6-22(15-19)44(3,40)41)9-12-24(23)39-14-13-25(38-39)29(31,32)33/h4-17H,1-3H3. The highest BCUT2D eigenvalue weighted by Gasteiger charge is 2.34. The maximum absolute atomic E-state index is 13.4. The minimum absolute atomic E-state index is 0.0612. The number of aromatic nitrogens is 3. The summed E-state index contributed by atoms with van der Waals surface area (Å²) in [6.45, 7) is 3.60. The normalized spacial score (nSPS) is 12.6. The van der Waals surface area contributed by atoms with Crippen molar-refractivity contribution in [1.82, 2.24) is 14.8 Å². The lowest BCUT2D eigenvalue weighted by Gasteiger charge is -2.13. The van der Waals surface area contributed by atoms with Crippen LogP contribution < -0.4 is 4.74 Å². The highest BCUT2D eigenvalue weighted by molar-refractivity contribution is 7.90. The van der Waals surface area contributed by atoms with Crippen molar-refractivity contribution in [3.8, 4) is 45.1 Å². The summed E-state index contributed by atoms with van der Waals surface area (Å²) in [6.07, 6.45) is -7.40. The maximum Gasteiger partial charge on any atom is 0.573 e.